The molecule has 2 fully saturated rings. The number of pyridine rings is 1. The van der Waals surface area contributed by atoms with Gasteiger partial charge in [0.25, 0.3) is 5.91 Å². The van der Waals surface area contributed by atoms with Crippen LogP contribution in [0, 0.1) is 23.6 Å². The van der Waals surface area contributed by atoms with Crippen LogP contribution in [0.25, 0.3) is 5.69 Å². The number of aryl methyl sites for hydroxylation is 1. The van der Waals surface area contributed by atoms with E-state index in [2.05, 4.69) is 15.3 Å². The van der Waals surface area contributed by atoms with Crippen molar-refractivity contribution in [2.45, 2.75) is 50.7 Å². The van der Waals surface area contributed by atoms with Gasteiger partial charge < -0.3 is 14.8 Å². The van der Waals surface area contributed by atoms with Crippen LogP contribution in [0.4, 0.5) is 23.4 Å². The van der Waals surface area contributed by atoms with Crippen molar-refractivity contribution in [3.63, 3.8) is 0 Å². The van der Waals surface area contributed by atoms with E-state index in [-0.39, 0.29) is 35.8 Å². The first-order chi connectivity index (χ1) is 17.5. The molecule has 2 aromatic heterocycles. The number of carbonyl (C=O) groups excluding carboxylic acids is 1. The van der Waals surface area contributed by atoms with Gasteiger partial charge in [-0.05, 0) is 56.0 Å². The molecule has 2 aliphatic rings. The van der Waals surface area contributed by atoms with E-state index in [0.29, 0.717) is 22.1 Å². The van der Waals surface area contributed by atoms with Gasteiger partial charge in [-0.3, -0.25) is 15.6 Å². The van der Waals surface area contributed by atoms with Crippen LogP contribution in [-0.2, 0) is 0 Å². The Balaban J connectivity index is 1.38. The second kappa shape index (κ2) is 9.09. The molecule has 1 saturated carbocycles. The highest BCUT2D eigenvalue weighted by Gasteiger charge is 2.49. The fraction of sp³-hybridized carbons (Fsp3) is 0.320. The van der Waals surface area contributed by atoms with Crippen LogP contribution in [0.2, 0.25) is 0 Å². The maximum absolute atomic E-state index is 14.8. The second-order valence-electron chi connectivity index (χ2n) is 9.22. The molecule has 1 atom stereocenters. The van der Waals surface area contributed by atoms with Gasteiger partial charge in [0.1, 0.15) is 29.2 Å². The molecule has 8 nitrogen and oxygen atoms in total. The van der Waals surface area contributed by atoms with Crippen molar-refractivity contribution in [2.24, 2.45) is 0 Å². The lowest BCUT2D eigenvalue weighted by Gasteiger charge is -2.28. The molecular formula is C25H23F4N7O. The lowest BCUT2D eigenvalue weighted by Crippen LogP contribution is -2.46. The zero-order valence-electron chi connectivity index (χ0n) is 19.7. The molecule has 3 N–H and O–H groups in total. The topological polar surface area (TPSA) is 111 Å². The number of alkyl halides is 3. The molecule has 0 bridgehead atoms. The first kappa shape index (κ1) is 24.6. The number of benzene rings is 1. The number of anilines is 1. The summed E-state index contributed by atoms with van der Waals surface area (Å²) in [4.78, 5) is 22.0. The molecule has 1 amide bonds. The minimum Gasteiger partial charge on any atom is -0.306 e. The Labute approximate surface area is 209 Å². The van der Waals surface area contributed by atoms with E-state index >= 15 is 0 Å². The summed E-state index contributed by atoms with van der Waals surface area (Å²) in [6.07, 6.45) is 0.581. The van der Waals surface area contributed by atoms with Gasteiger partial charge in [0, 0.05) is 18.5 Å². The highest BCUT2D eigenvalue weighted by atomic mass is 19.4. The number of likely N-dealkylation sites (tertiary alicyclic amines) is 1. The predicted molar refractivity (Wildman–Crippen MR) is 128 cm³/mol. The van der Waals surface area contributed by atoms with Gasteiger partial charge >= 0.3 is 6.18 Å². The SMILES string of the molecule is Cc1cc(F)c(C(=O)Nc2cccc(C(=N)N3C(=N)CC[C@H]3C(F)(F)F)n2)cc1-n1cnc(C2CC2)c1. The van der Waals surface area contributed by atoms with Crippen molar-refractivity contribution in [3.05, 3.63) is 71.2 Å². The summed E-state index contributed by atoms with van der Waals surface area (Å²) in [5.74, 6) is -2.12. The molecule has 3 heterocycles. The highest BCUT2D eigenvalue weighted by Crippen LogP contribution is 2.39. The predicted octanol–water partition coefficient (Wildman–Crippen LogP) is 5.17. The van der Waals surface area contributed by atoms with Gasteiger partial charge in [0.2, 0.25) is 0 Å². The third kappa shape index (κ3) is 4.83. The van der Waals surface area contributed by atoms with Gasteiger partial charge in [0.15, 0.2) is 5.84 Å². The molecule has 1 saturated heterocycles. The van der Waals surface area contributed by atoms with E-state index in [1.807, 2.05) is 6.20 Å². The van der Waals surface area contributed by atoms with Crippen molar-refractivity contribution >= 4 is 23.4 Å². The maximum atomic E-state index is 14.8. The van der Waals surface area contributed by atoms with Crippen LogP contribution in [0.5, 0.6) is 0 Å². The van der Waals surface area contributed by atoms with Crippen molar-refractivity contribution in [3.8, 4) is 5.69 Å². The van der Waals surface area contributed by atoms with E-state index < -0.39 is 29.8 Å². The van der Waals surface area contributed by atoms with Gasteiger partial charge in [-0.1, -0.05) is 6.07 Å². The standard InChI is InChI=1S/C25H23F4N7O/c1-13-9-16(26)15(10-19(13)35-11-18(32-12-35)14-5-6-14)24(37)34-22-4-2-3-17(33-22)23(31)36-20(25(27,28)29)7-8-21(36)30/h2-4,9-12,14,20,30-31H,5-8H2,1H3,(H,33,34,37)/t20-/m0/s1. The smallest absolute Gasteiger partial charge is 0.306 e. The summed E-state index contributed by atoms with van der Waals surface area (Å²) < 4.78 is 56.7. The Bertz CT molecular complexity index is 1410. The molecule has 0 radical (unpaired) electrons. The number of hydrogen-bond acceptors (Lipinski definition) is 5. The van der Waals surface area contributed by atoms with E-state index in [1.165, 1.54) is 30.3 Å². The van der Waals surface area contributed by atoms with Gasteiger partial charge in [-0.15, -0.1) is 0 Å². The molecular weight excluding hydrogens is 490 g/mol. The Morgan fingerprint density at radius 3 is 2.65 bits per heavy atom. The third-order valence-corrected chi connectivity index (χ3v) is 6.52. The van der Waals surface area contributed by atoms with Gasteiger partial charge in [-0.25, -0.2) is 14.4 Å². The quantitative estimate of drug-likeness (QED) is 0.248. The summed E-state index contributed by atoms with van der Waals surface area (Å²) in [6.45, 7) is 1.72. The lowest BCUT2D eigenvalue weighted by atomic mass is 10.1. The number of amides is 1. The van der Waals surface area contributed by atoms with Crippen LogP contribution in [0.15, 0.2) is 42.9 Å². The Morgan fingerprint density at radius 1 is 1.19 bits per heavy atom. The van der Waals surface area contributed by atoms with Gasteiger partial charge in [0.05, 0.1) is 23.3 Å². The average Bonchev–Trinajstić information content (AvgIpc) is 3.43. The highest BCUT2D eigenvalue weighted by molar-refractivity contribution is 6.08. The number of amidine groups is 2. The van der Waals surface area contributed by atoms with E-state index in [1.54, 1.807) is 17.8 Å². The number of carbonyl (C=O) groups is 1. The number of imidazole rings is 1. The molecule has 1 aromatic carbocycles. The fourth-order valence-corrected chi connectivity index (χ4v) is 4.43. The van der Waals surface area contributed by atoms with Crippen molar-refractivity contribution < 1.29 is 22.4 Å². The molecule has 192 valence electrons. The molecule has 1 aliphatic carbocycles. The largest absolute Gasteiger partial charge is 0.409 e. The molecule has 0 unspecified atom stereocenters. The fourth-order valence-electron chi connectivity index (χ4n) is 4.43. The maximum Gasteiger partial charge on any atom is 0.409 e. The molecule has 3 aromatic rings. The van der Waals surface area contributed by atoms with Crippen LogP contribution in [0.1, 0.15) is 58.9 Å². The number of nitrogens with one attached hydrogen (secondary N) is 3. The first-order valence-electron chi connectivity index (χ1n) is 11.7. The van der Waals surface area contributed by atoms with Crippen LogP contribution in [-0.4, -0.2) is 49.2 Å². The molecule has 12 heteroatoms. The lowest BCUT2D eigenvalue weighted by molar-refractivity contribution is -0.163. The third-order valence-electron chi connectivity index (χ3n) is 6.52. The number of nitrogens with zero attached hydrogens (tertiary/aromatic N) is 4. The van der Waals surface area contributed by atoms with E-state index in [4.69, 9.17) is 10.8 Å². The van der Waals surface area contributed by atoms with Gasteiger partial charge in [-0.2, -0.15) is 13.2 Å². The van der Waals surface area contributed by atoms with Crippen molar-refractivity contribution in [1.82, 2.24) is 19.4 Å². The molecule has 1 aliphatic heterocycles. The summed E-state index contributed by atoms with van der Waals surface area (Å²) in [7, 11) is 0. The summed E-state index contributed by atoms with van der Waals surface area (Å²) in [5.41, 5.74) is 1.73. The number of aromatic nitrogens is 3. The average molecular weight is 513 g/mol. The first-order valence-corrected chi connectivity index (χ1v) is 11.7. The number of halogens is 4. The number of hydrogen-bond donors (Lipinski definition) is 3. The Morgan fingerprint density at radius 2 is 1.95 bits per heavy atom. The van der Waals surface area contributed by atoms with E-state index in [9.17, 15) is 22.4 Å². The molecule has 5 rings (SSSR count). The minimum atomic E-state index is -4.61. The summed E-state index contributed by atoms with van der Waals surface area (Å²) >= 11 is 0. The Hall–Kier alpha value is -4.09. The van der Waals surface area contributed by atoms with E-state index in [0.717, 1.165) is 18.5 Å². The zero-order valence-corrected chi connectivity index (χ0v) is 19.7. The summed E-state index contributed by atoms with van der Waals surface area (Å²) in [5, 5.41) is 18.6. The van der Waals surface area contributed by atoms with Crippen molar-refractivity contribution in [2.75, 3.05) is 5.32 Å². The van der Waals surface area contributed by atoms with Crippen LogP contribution >= 0.6 is 0 Å². The molecule has 37 heavy (non-hydrogen) atoms. The second-order valence-corrected chi connectivity index (χ2v) is 9.22. The molecule has 0 spiro atoms. The monoisotopic (exact) mass is 513 g/mol. The Kier molecular flexibility index (Phi) is 6.04. The number of rotatable bonds is 5. The summed E-state index contributed by atoms with van der Waals surface area (Å²) in [6, 6.07) is 4.78. The normalized spacial score (nSPS) is 17.8. The van der Waals surface area contributed by atoms with Crippen molar-refractivity contribution in [1.29, 1.82) is 10.8 Å². The van der Waals surface area contributed by atoms with Crippen LogP contribution < -0.4 is 5.32 Å². The van der Waals surface area contributed by atoms with Crippen LogP contribution in [0.3, 0.4) is 0 Å². The zero-order chi connectivity index (χ0) is 26.5. The minimum absolute atomic E-state index is 0.0679.